The molecule has 0 aromatic heterocycles. The Bertz CT molecular complexity index is 124. The number of likely N-dealkylation sites (N-methyl/N-ethyl adjacent to an activating group) is 1. The predicted octanol–water partition coefficient (Wildman–Crippen LogP) is 1.19. The minimum Gasteiger partial charge on any atom is -0.464 e. The molecular formula is C9H19NO2. The summed E-state index contributed by atoms with van der Waals surface area (Å²) in [7, 11) is 0. The summed E-state index contributed by atoms with van der Waals surface area (Å²) >= 11 is 0. The zero-order valence-corrected chi connectivity index (χ0v) is 8.22. The SMILES string of the molecule is CCNCCOC(=O)CC(C)C. The van der Waals surface area contributed by atoms with Crippen LogP contribution in [0.15, 0.2) is 0 Å². The molecule has 0 aromatic rings. The number of ether oxygens (including phenoxy) is 1. The van der Waals surface area contributed by atoms with E-state index in [1.165, 1.54) is 0 Å². The van der Waals surface area contributed by atoms with Crippen molar-refractivity contribution in [2.45, 2.75) is 27.2 Å². The van der Waals surface area contributed by atoms with E-state index in [0.717, 1.165) is 13.1 Å². The molecule has 0 rings (SSSR count). The fraction of sp³-hybridized carbons (Fsp3) is 0.889. The number of nitrogens with one attached hydrogen (secondary N) is 1. The molecule has 1 N–H and O–H groups in total. The molecule has 0 bridgehead atoms. The Morgan fingerprint density at radius 2 is 2.17 bits per heavy atom. The fourth-order valence-corrected chi connectivity index (χ4v) is 0.806. The highest BCUT2D eigenvalue weighted by molar-refractivity contribution is 5.69. The molecule has 0 fully saturated rings. The maximum atomic E-state index is 11.0. The van der Waals surface area contributed by atoms with E-state index in [0.29, 0.717) is 18.9 Å². The van der Waals surface area contributed by atoms with Gasteiger partial charge < -0.3 is 10.1 Å². The van der Waals surface area contributed by atoms with Gasteiger partial charge in [-0.2, -0.15) is 0 Å². The first-order valence-corrected chi connectivity index (χ1v) is 4.53. The van der Waals surface area contributed by atoms with Crippen LogP contribution in [-0.2, 0) is 9.53 Å². The molecule has 0 aliphatic heterocycles. The molecule has 0 amide bonds. The summed E-state index contributed by atoms with van der Waals surface area (Å²) in [5.41, 5.74) is 0. The van der Waals surface area contributed by atoms with Gasteiger partial charge in [0, 0.05) is 13.0 Å². The molecule has 0 radical (unpaired) electrons. The quantitative estimate of drug-likeness (QED) is 0.484. The Balaban J connectivity index is 3.20. The Morgan fingerprint density at radius 1 is 1.50 bits per heavy atom. The molecule has 0 saturated heterocycles. The highest BCUT2D eigenvalue weighted by Crippen LogP contribution is 2.00. The Morgan fingerprint density at radius 3 is 2.67 bits per heavy atom. The van der Waals surface area contributed by atoms with E-state index in [9.17, 15) is 4.79 Å². The number of carbonyl (C=O) groups is 1. The van der Waals surface area contributed by atoms with Gasteiger partial charge in [0.25, 0.3) is 0 Å². The van der Waals surface area contributed by atoms with E-state index < -0.39 is 0 Å². The number of carbonyl (C=O) groups excluding carboxylic acids is 1. The largest absolute Gasteiger partial charge is 0.464 e. The molecule has 0 atom stereocenters. The fourth-order valence-electron chi connectivity index (χ4n) is 0.806. The van der Waals surface area contributed by atoms with E-state index in [1.54, 1.807) is 0 Å². The molecule has 0 aliphatic rings. The minimum atomic E-state index is -0.0945. The predicted molar refractivity (Wildman–Crippen MR) is 49.0 cm³/mol. The van der Waals surface area contributed by atoms with Gasteiger partial charge in [-0.1, -0.05) is 20.8 Å². The van der Waals surface area contributed by atoms with E-state index in [2.05, 4.69) is 5.32 Å². The molecule has 0 heterocycles. The van der Waals surface area contributed by atoms with Crippen LogP contribution < -0.4 is 5.32 Å². The molecule has 0 unspecified atom stereocenters. The average Bonchev–Trinajstić information content (AvgIpc) is 1.97. The van der Waals surface area contributed by atoms with Crippen molar-refractivity contribution < 1.29 is 9.53 Å². The zero-order valence-electron chi connectivity index (χ0n) is 8.22. The molecule has 0 aromatic carbocycles. The Labute approximate surface area is 74.5 Å². The lowest BCUT2D eigenvalue weighted by Crippen LogP contribution is -2.21. The van der Waals surface area contributed by atoms with Crippen LogP contribution >= 0.6 is 0 Å². The molecular weight excluding hydrogens is 154 g/mol. The number of hydrogen-bond acceptors (Lipinski definition) is 3. The Kier molecular flexibility index (Phi) is 6.76. The summed E-state index contributed by atoms with van der Waals surface area (Å²) in [5.74, 6) is 0.291. The van der Waals surface area contributed by atoms with Crippen LogP contribution in [0.1, 0.15) is 27.2 Å². The van der Waals surface area contributed by atoms with Crippen LogP contribution in [0.3, 0.4) is 0 Å². The van der Waals surface area contributed by atoms with Gasteiger partial charge in [-0.25, -0.2) is 0 Å². The van der Waals surface area contributed by atoms with Crippen molar-refractivity contribution in [1.29, 1.82) is 0 Å². The van der Waals surface area contributed by atoms with Crippen molar-refractivity contribution in [2.24, 2.45) is 5.92 Å². The lowest BCUT2D eigenvalue weighted by molar-refractivity contribution is -0.144. The van der Waals surface area contributed by atoms with Crippen LogP contribution in [0, 0.1) is 5.92 Å². The van der Waals surface area contributed by atoms with Gasteiger partial charge in [0.15, 0.2) is 0 Å². The van der Waals surface area contributed by atoms with E-state index in [-0.39, 0.29) is 5.97 Å². The number of esters is 1. The zero-order chi connectivity index (χ0) is 9.40. The second-order valence-corrected chi connectivity index (χ2v) is 3.17. The smallest absolute Gasteiger partial charge is 0.306 e. The summed E-state index contributed by atoms with van der Waals surface area (Å²) in [5, 5.41) is 3.08. The van der Waals surface area contributed by atoms with Crippen molar-refractivity contribution >= 4 is 5.97 Å². The minimum absolute atomic E-state index is 0.0945. The standard InChI is InChI=1S/C9H19NO2/c1-4-10-5-6-12-9(11)7-8(2)3/h8,10H,4-7H2,1-3H3. The molecule has 12 heavy (non-hydrogen) atoms. The third-order valence-corrected chi connectivity index (χ3v) is 1.37. The van der Waals surface area contributed by atoms with Crippen molar-refractivity contribution in [2.75, 3.05) is 19.7 Å². The average molecular weight is 173 g/mol. The molecule has 72 valence electrons. The van der Waals surface area contributed by atoms with Crippen LogP contribution in [0.2, 0.25) is 0 Å². The number of rotatable bonds is 6. The van der Waals surface area contributed by atoms with Crippen molar-refractivity contribution in [3.63, 3.8) is 0 Å². The van der Waals surface area contributed by atoms with Crippen LogP contribution in [0.4, 0.5) is 0 Å². The van der Waals surface area contributed by atoms with Crippen molar-refractivity contribution in [3.05, 3.63) is 0 Å². The van der Waals surface area contributed by atoms with Gasteiger partial charge in [0.1, 0.15) is 6.61 Å². The van der Waals surface area contributed by atoms with Gasteiger partial charge >= 0.3 is 5.97 Å². The summed E-state index contributed by atoms with van der Waals surface area (Å²) in [6, 6.07) is 0. The van der Waals surface area contributed by atoms with Crippen LogP contribution in [0.25, 0.3) is 0 Å². The summed E-state index contributed by atoms with van der Waals surface area (Å²) in [4.78, 5) is 11.0. The lowest BCUT2D eigenvalue weighted by Gasteiger charge is -2.06. The van der Waals surface area contributed by atoms with Gasteiger partial charge in [0.2, 0.25) is 0 Å². The Hall–Kier alpha value is -0.570. The first-order chi connectivity index (χ1) is 5.66. The molecule has 0 spiro atoms. The van der Waals surface area contributed by atoms with E-state index in [1.807, 2.05) is 20.8 Å². The monoisotopic (exact) mass is 173 g/mol. The second kappa shape index (κ2) is 7.10. The van der Waals surface area contributed by atoms with E-state index >= 15 is 0 Å². The van der Waals surface area contributed by atoms with Crippen LogP contribution in [-0.4, -0.2) is 25.7 Å². The maximum absolute atomic E-state index is 11.0. The second-order valence-electron chi connectivity index (χ2n) is 3.17. The molecule has 3 nitrogen and oxygen atoms in total. The first-order valence-electron chi connectivity index (χ1n) is 4.53. The highest BCUT2D eigenvalue weighted by Gasteiger charge is 2.04. The van der Waals surface area contributed by atoms with Crippen molar-refractivity contribution in [1.82, 2.24) is 5.32 Å². The van der Waals surface area contributed by atoms with E-state index in [4.69, 9.17) is 4.74 Å². The normalized spacial score (nSPS) is 10.3. The third-order valence-electron chi connectivity index (χ3n) is 1.37. The van der Waals surface area contributed by atoms with Gasteiger partial charge in [-0.15, -0.1) is 0 Å². The summed E-state index contributed by atoms with van der Waals surface area (Å²) in [6.07, 6.45) is 0.520. The topological polar surface area (TPSA) is 38.3 Å². The van der Waals surface area contributed by atoms with Crippen LogP contribution in [0.5, 0.6) is 0 Å². The highest BCUT2D eigenvalue weighted by atomic mass is 16.5. The first kappa shape index (κ1) is 11.4. The number of hydrogen-bond donors (Lipinski definition) is 1. The molecule has 0 aliphatic carbocycles. The summed E-state index contributed by atoms with van der Waals surface area (Å²) in [6.45, 7) is 8.19. The lowest BCUT2D eigenvalue weighted by atomic mass is 10.1. The van der Waals surface area contributed by atoms with Gasteiger partial charge in [-0.3, -0.25) is 4.79 Å². The third kappa shape index (κ3) is 7.54. The molecule has 3 heteroatoms. The van der Waals surface area contributed by atoms with Gasteiger partial charge in [0.05, 0.1) is 0 Å². The maximum Gasteiger partial charge on any atom is 0.306 e. The molecule has 0 saturated carbocycles. The van der Waals surface area contributed by atoms with Crippen molar-refractivity contribution in [3.8, 4) is 0 Å². The summed E-state index contributed by atoms with van der Waals surface area (Å²) < 4.78 is 4.95. The van der Waals surface area contributed by atoms with Gasteiger partial charge in [-0.05, 0) is 12.5 Å².